The SMILES string of the molecule is CCC(C)NC(C(=O)O)c1cccc2c1OC(C)(C)C2. The number of ether oxygens (including phenoxy) is 1. The van der Waals surface area contributed by atoms with Crippen LogP contribution < -0.4 is 10.1 Å². The average Bonchev–Trinajstić information content (AvgIpc) is 2.69. The molecule has 0 spiro atoms. The number of carboxylic acid groups (broad SMARTS) is 1. The fourth-order valence-electron chi connectivity index (χ4n) is 2.56. The Bertz CT molecular complexity index is 510. The summed E-state index contributed by atoms with van der Waals surface area (Å²) in [5.41, 5.74) is 1.54. The Labute approximate surface area is 120 Å². The van der Waals surface area contributed by atoms with Gasteiger partial charge in [0.05, 0.1) is 0 Å². The highest BCUT2D eigenvalue weighted by atomic mass is 16.5. The lowest BCUT2D eigenvalue weighted by atomic mass is 9.98. The van der Waals surface area contributed by atoms with Crippen LogP contribution in [0.2, 0.25) is 0 Å². The van der Waals surface area contributed by atoms with Gasteiger partial charge in [-0.25, -0.2) is 0 Å². The van der Waals surface area contributed by atoms with Crippen molar-refractivity contribution in [1.29, 1.82) is 0 Å². The number of hydrogen-bond donors (Lipinski definition) is 2. The molecule has 20 heavy (non-hydrogen) atoms. The van der Waals surface area contributed by atoms with E-state index in [2.05, 4.69) is 5.32 Å². The highest BCUT2D eigenvalue weighted by Crippen LogP contribution is 2.40. The largest absolute Gasteiger partial charge is 0.487 e. The maximum atomic E-state index is 11.6. The van der Waals surface area contributed by atoms with E-state index < -0.39 is 12.0 Å². The predicted octanol–water partition coefficient (Wildman–Crippen LogP) is 2.91. The summed E-state index contributed by atoms with van der Waals surface area (Å²) >= 11 is 0. The Kier molecular flexibility index (Phi) is 4.04. The molecule has 2 atom stereocenters. The number of hydrogen-bond acceptors (Lipinski definition) is 3. The standard InChI is InChI=1S/C16H23NO3/c1-5-10(2)17-13(15(18)19)12-8-6-7-11-9-16(3,4)20-14(11)12/h6-8,10,13,17H,5,9H2,1-4H3,(H,18,19). The molecule has 0 aromatic heterocycles. The molecule has 1 heterocycles. The van der Waals surface area contributed by atoms with Crippen molar-refractivity contribution in [2.75, 3.05) is 0 Å². The first-order valence-electron chi connectivity index (χ1n) is 7.13. The second-order valence-electron chi connectivity index (χ2n) is 6.12. The second-order valence-corrected chi connectivity index (χ2v) is 6.12. The van der Waals surface area contributed by atoms with E-state index in [1.807, 2.05) is 45.9 Å². The molecular formula is C16H23NO3. The summed E-state index contributed by atoms with van der Waals surface area (Å²) < 4.78 is 5.97. The Morgan fingerprint density at radius 2 is 2.20 bits per heavy atom. The van der Waals surface area contributed by atoms with Crippen LogP contribution in [0.25, 0.3) is 0 Å². The topological polar surface area (TPSA) is 58.6 Å². The summed E-state index contributed by atoms with van der Waals surface area (Å²) in [6.07, 6.45) is 1.69. The van der Waals surface area contributed by atoms with E-state index in [-0.39, 0.29) is 11.6 Å². The number of rotatable bonds is 5. The number of para-hydroxylation sites is 1. The number of nitrogens with one attached hydrogen (secondary N) is 1. The summed E-state index contributed by atoms with van der Waals surface area (Å²) in [5, 5.41) is 12.7. The molecule has 0 radical (unpaired) electrons. The van der Waals surface area contributed by atoms with Crippen LogP contribution in [0.5, 0.6) is 5.75 Å². The van der Waals surface area contributed by atoms with Crippen molar-refractivity contribution in [3.63, 3.8) is 0 Å². The highest BCUT2D eigenvalue weighted by Gasteiger charge is 2.35. The van der Waals surface area contributed by atoms with Crippen molar-refractivity contribution in [2.24, 2.45) is 0 Å². The first kappa shape index (κ1) is 14.9. The molecule has 1 aliphatic rings. The molecule has 110 valence electrons. The van der Waals surface area contributed by atoms with Gasteiger partial charge >= 0.3 is 5.97 Å². The third-order valence-electron chi connectivity index (χ3n) is 3.74. The zero-order valence-electron chi connectivity index (χ0n) is 12.6. The molecule has 4 heteroatoms. The third-order valence-corrected chi connectivity index (χ3v) is 3.74. The molecule has 0 bridgehead atoms. The predicted molar refractivity (Wildman–Crippen MR) is 78.1 cm³/mol. The van der Waals surface area contributed by atoms with Crippen LogP contribution in [0.4, 0.5) is 0 Å². The van der Waals surface area contributed by atoms with E-state index in [9.17, 15) is 9.90 Å². The highest BCUT2D eigenvalue weighted by molar-refractivity contribution is 5.77. The van der Waals surface area contributed by atoms with Gasteiger partial charge in [-0.15, -0.1) is 0 Å². The van der Waals surface area contributed by atoms with E-state index in [1.54, 1.807) is 0 Å². The number of aliphatic carboxylic acids is 1. The minimum Gasteiger partial charge on any atom is -0.487 e. The normalized spacial score (nSPS) is 19.0. The molecule has 0 saturated carbocycles. The van der Waals surface area contributed by atoms with Crippen LogP contribution in [0.1, 0.15) is 51.3 Å². The smallest absolute Gasteiger partial charge is 0.325 e. The van der Waals surface area contributed by atoms with Crippen LogP contribution in [0, 0.1) is 0 Å². The van der Waals surface area contributed by atoms with Gasteiger partial charge < -0.3 is 9.84 Å². The minimum absolute atomic E-state index is 0.140. The summed E-state index contributed by atoms with van der Waals surface area (Å²) in [4.78, 5) is 11.6. The fourth-order valence-corrected chi connectivity index (χ4v) is 2.56. The summed E-state index contributed by atoms with van der Waals surface area (Å²) in [6.45, 7) is 8.07. The van der Waals surface area contributed by atoms with Crippen LogP contribution in [-0.4, -0.2) is 22.7 Å². The molecule has 0 amide bonds. The summed E-state index contributed by atoms with van der Waals surface area (Å²) in [5.74, 6) is -0.132. The monoisotopic (exact) mass is 277 g/mol. The van der Waals surface area contributed by atoms with Gasteiger partial charge in [0.25, 0.3) is 0 Å². The average molecular weight is 277 g/mol. The first-order chi connectivity index (χ1) is 9.34. The van der Waals surface area contributed by atoms with Gasteiger partial charge in [0, 0.05) is 18.0 Å². The van der Waals surface area contributed by atoms with E-state index >= 15 is 0 Å². The lowest BCUT2D eigenvalue weighted by Crippen LogP contribution is -2.35. The molecule has 1 aromatic carbocycles. The Morgan fingerprint density at radius 1 is 1.50 bits per heavy atom. The molecule has 2 rings (SSSR count). The van der Waals surface area contributed by atoms with Crippen molar-refractivity contribution >= 4 is 5.97 Å². The molecule has 0 aliphatic carbocycles. The molecule has 1 aliphatic heterocycles. The quantitative estimate of drug-likeness (QED) is 0.869. The molecule has 4 nitrogen and oxygen atoms in total. The van der Waals surface area contributed by atoms with Crippen LogP contribution >= 0.6 is 0 Å². The molecule has 2 N–H and O–H groups in total. The van der Waals surface area contributed by atoms with Crippen molar-refractivity contribution in [3.8, 4) is 5.75 Å². The van der Waals surface area contributed by atoms with E-state index in [4.69, 9.17) is 4.74 Å². The maximum Gasteiger partial charge on any atom is 0.325 e. The molecular weight excluding hydrogens is 254 g/mol. The van der Waals surface area contributed by atoms with Crippen molar-refractivity contribution < 1.29 is 14.6 Å². The number of fused-ring (bicyclic) bond motifs is 1. The minimum atomic E-state index is -0.869. The zero-order valence-corrected chi connectivity index (χ0v) is 12.6. The Hall–Kier alpha value is -1.55. The van der Waals surface area contributed by atoms with Gasteiger partial charge in [0.15, 0.2) is 0 Å². The summed E-state index contributed by atoms with van der Waals surface area (Å²) in [6, 6.07) is 5.17. The number of benzene rings is 1. The van der Waals surface area contributed by atoms with Crippen LogP contribution in [0.15, 0.2) is 18.2 Å². The summed E-state index contributed by atoms with van der Waals surface area (Å²) in [7, 11) is 0. The van der Waals surface area contributed by atoms with E-state index in [0.717, 1.165) is 29.7 Å². The van der Waals surface area contributed by atoms with Crippen molar-refractivity contribution in [1.82, 2.24) is 5.32 Å². The van der Waals surface area contributed by atoms with Crippen LogP contribution in [0.3, 0.4) is 0 Å². The zero-order chi connectivity index (χ0) is 14.9. The Morgan fingerprint density at radius 3 is 2.80 bits per heavy atom. The van der Waals surface area contributed by atoms with Gasteiger partial charge in [0.2, 0.25) is 0 Å². The van der Waals surface area contributed by atoms with E-state index in [1.165, 1.54) is 0 Å². The third kappa shape index (κ3) is 2.96. The lowest BCUT2D eigenvalue weighted by molar-refractivity contribution is -0.140. The van der Waals surface area contributed by atoms with Gasteiger partial charge in [-0.3, -0.25) is 10.1 Å². The molecule has 2 unspecified atom stereocenters. The number of carbonyl (C=O) groups is 1. The van der Waals surface area contributed by atoms with Gasteiger partial charge in [-0.05, 0) is 32.8 Å². The fraction of sp³-hybridized carbons (Fsp3) is 0.562. The van der Waals surface area contributed by atoms with Crippen molar-refractivity contribution in [3.05, 3.63) is 29.3 Å². The van der Waals surface area contributed by atoms with Gasteiger partial charge in [0.1, 0.15) is 17.4 Å². The van der Waals surface area contributed by atoms with Gasteiger partial charge in [-0.2, -0.15) is 0 Å². The molecule has 0 saturated heterocycles. The van der Waals surface area contributed by atoms with Crippen LogP contribution in [-0.2, 0) is 11.2 Å². The number of carboxylic acids is 1. The lowest BCUT2D eigenvalue weighted by Gasteiger charge is -2.23. The second kappa shape index (κ2) is 5.44. The van der Waals surface area contributed by atoms with Crippen molar-refractivity contribution in [2.45, 2.75) is 58.2 Å². The van der Waals surface area contributed by atoms with Gasteiger partial charge in [-0.1, -0.05) is 25.1 Å². The molecule has 1 aromatic rings. The first-order valence-corrected chi connectivity index (χ1v) is 7.13. The maximum absolute atomic E-state index is 11.6. The molecule has 0 fully saturated rings. The Balaban J connectivity index is 2.37. The van der Waals surface area contributed by atoms with E-state index in [0.29, 0.717) is 0 Å².